The molecule has 1 N–H and O–H groups in total. The number of nitrogens with one attached hydrogen (secondary N) is 1. The minimum Gasteiger partial charge on any atom is -0.443 e. The summed E-state index contributed by atoms with van der Waals surface area (Å²) in [4.78, 5) is 13.3. The largest absolute Gasteiger partial charge is 0.443 e. The molecule has 1 heterocycles. The van der Waals surface area contributed by atoms with Crippen LogP contribution in [0.4, 0.5) is 4.79 Å². The first kappa shape index (κ1) is 15.3. The van der Waals surface area contributed by atoms with Gasteiger partial charge in [0.05, 0.1) is 12.3 Å². The highest BCUT2D eigenvalue weighted by Crippen LogP contribution is 2.30. The lowest BCUT2D eigenvalue weighted by atomic mass is 10.1. The molecule has 0 radical (unpaired) electrons. The minimum atomic E-state index is -3.44. The molecule has 1 amide bonds. The summed E-state index contributed by atoms with van der Waals surface area (Å²) in [5, 5.41) is 0. The predicted octanol–water partition coefficient (Wildman–Crippen LogP) is 1.40. The monoisotopic (exact) mass is 324 g/mol. The van der Waals surface area contributed by atoms with Gasteiger partial charge in [-0.15, -0.1) is 0 Å². The van der Waals surface area contributed by atoms with Crippen molar-refractivity contribution in [1.29, 1.82) is 0 Å². The zero-order chi connectivity index (χ0) is 15.7. The normalized spacial score (nSPS) is 22.0. The van der Waals surface area contributed by atoms with Crippen LogP contribution >= 0.6 is 0 Å². The number of hydrogen-bond donors (Lipinski definition) is 1. The van der Waals surface area contributed by atoms with Crippen LogP contribution in [0.15, 0.2) is 24.3 Å². The second-order valence-electron chi connectivity index (χ2n) is 5.92. The summed E-state index contributed by atoms with van der Waals surface area (Å²) < 4.78 is 32.1. The Morgan fingerprint density at radius 3 is 2.73 bits per heavy atom. The van der Waals surface area contributed by atoms with Gasteiger partial charge < -0.3 is 9.64 Å². The van der Waals surface area contributed by atoms with E-state index in [1.54, 1.807) is 11.0 Å². The van der Waals surface area contributed by atoms with Gasteiger partial charge in [-0.1, -0.05) is 24.3 Å². The standard InChI is InChI=1S/C15H20N2O4S/c1-11-4-2-3-5-12(11)10-22(19,20)16-8-14-9-17(13-6-7-13)15(18)21-14/h2-5,13-14,16H,6-10H2,1H3. The van der Waals surface area contributed by atoms with Gasteiger partial charge in [0.25, 0.3) is 0 Å². The molecule has 3 rings (SSSR count). The van der Waals surface area contributed by atoms with Crippen LogP contribution in [-0.4, -0.2) is 44.6 Å². The maximum Gasteiger partial charge on any atom is 0.410 e. The molecule has 7 heteroatoms. The molecule has 0 aromatic heterocycles. The van der Waals surface area contributed by atoms with Crippen molar-refractivity contribution >= 4 is 16.1 Å². The van der Waals surface area contributed by atoms with Crippen LogP contribution in [0.25, 0.3) is 0 Å². The van der Waals surface area contributed by atoms with E-state index in [2.05, 4.69) is 4.72 Å². The van der Waals surface area contributed by atoms with E-state index >= 15 is 0 Å². The van der Waals surface area contributed by atoms with Crippen molar-refractivity contribution in [3.8, 4) is 0 Å². The van der Waals surface area contributed by atoms with Crippen molar-refractivity contribution in [3.05, 3.63) is 35.4 Å². The molecule has 1 saturated carbocycles. The molecule has 1 aliphatic carbocycles. The number of ether oxygens (including phenoxy) is 1. The van der Waals surface area contributed by atoms with Crippen LogP contribution in [0.3, 0.4) is 0 Å². The Kier molecular flexibility index (Phi) is 4.10. The maximum absolute atomic E-state index is 12.2. The van der Waals surface area contributed by atoms with Gasteiger partial charge >= 0.3 is 6.09 Å². The Bertz CT molecular complexity index is 670. The molecule has 1 atom stereocenters. The number of benzene rings is 1. The van der Waals surface area contributed by atoms with Gasteiger partial charge in [0.15, 0.2) is 0 Å². The second kappa shape index (κ2) is 5.89. The number of aryl methyl sites for hydroxylation is 1. The molecule has 1 aromatic carbocycles. The third-order valence-electron chi connectivity index (χ3n) is 4.03. The van der Waals surface area contributed by atoms with E-state index < -0.39 is 16.1 Å². The molecule has 1 aliphatic heterocycles. The Morgan fingerprint density at radius 1 is 1.32 bits per heavy atom. The molecule has 6 nitrogen and oxygen atoms in total. The fraction of sp³-hybridized carbons (Fsp3) is 0.533. The fourth-order valence-electron chi connectivity index (χ4n) is 2.58. The first-order valence-corrected chi connectivity index (χ1v) is 9.09. The van der Waals surface area contributed by atoms with Crippen molar-refractivity contribution in [3.63, 3.8) is 0 Å². The number of nitrogens with zero attached hydrogens (tertiary/aromatic N) is 1. The van der Waals surface area contributed by atoms with Gasteiger partial charge in [0.2, 0.25) is 10.0 Å². The topological polar surface area (TPSA) is 75.7 Å². The van der Waals surface area contributed by atoms with Gasteiger partial charge in [-0.25, -0.2) is 17.9 Å². The Morgan fingerprint density at radius 2 is 2.05 bits per heavy atom. The molecular formula is C15H20N2O4S. The lowest BCUT2D eigenvalue weighted by Gasteiger charge is -2.12. The molecule has 1 unspecified atom stereocenters. The van der Waals surface area contributed by atoms with E-state index in [4.69, 9.17) is 4.74 Å². The Labute approximate surface area is 130 Å². The zero-order valence-electron chi connectivity index (χ0n) is 12.5. The molecule has 22 heavy (non-hydrogen) atoms. The number of hydrogen-bond acceptors (Lipinski definition) is 4. The van der Waals surface area contributed by atoms with Crippen molar-refractivity contribution in [1.82, 2.24) is 9.62 Å². The van der Waals surface area contributed by atoms with E-state index in [-0.39, 0.29) is 18.4 Å². The highest BCUT2D eigenvalue weighted by molar-refractivity contribution is 7.88. The maximum atomic E-state index is 12.2. The molecule has 1 aromatic rings. The minimum absolute atomic E-state index is 0.0628. The number of cyclic esters (lactones) is 1. The smallest absolute Gasteiger partial charge is 0.410 e. The second-order valence-corrected chi connectivity index (χ2v) is 7.73. The fourth-order valence-corrected chi connectivity index (χ4v) is 3.85. The average molecular weight is 324 g/mol. The Hall–Kier alpha value is -1.60. The predicted molar refractivity (Wildman–Crippen MR) is 81.8 cm³/mol. The van der Waals surface area contributed by atoms with Crippen molar-refractivity contribution < 1.29 is 17.9 Å². The molecular weight excluding hydrogens is 304 g/mol. The van der Waals surface area contributed by atoms with E-state index in [0.29, 0.717) is 12.6 Å². The first-order valence-electron chi connectivity index (χ1n) is 7.44. The summed E-state index contributed by atoms with van der Waals surface area (Å²) in [6, 6.07) is 7.69. The van der Waals surface area contributed by atoms with Gasteiger partial charge in [-0.05, 0) is 30.9 Å². The zero-order valence-corrected chi connectivity index (χ0v) is 13.3. The van der Waals surface area contributed by atoms with E-state index in [1.807, 2.05) is 25.1 Å². The average Bonchev–Trinajstić information content (AvgIpc) is 3.23. The lowest BCUT2D eigenvalue weighted by molar-refractivity contribution is 0.133. The lowest BCUT2D eigenvalue weighted by Crippen LogP contribution is -2.35. The van der Waals surface area contributed by atoms with Crippen LogP contribution in [0.2, 0.25) is 0 Å². The van der Waals surface area contributed by atoms with Gasteiger partial charge in [0, 0.05) is 12.6 Å². The van der Waals surface area contributed by atoms with Crippen LogP contribution in [0, 0.1) is 6.92 Å². The van der Waals surface area contributed by atoms with Crippen molar-refractivity contribution in [2.75, 3.05) is 13.1 Å². The summed E-state index contributed by atoms with van der Waals surface area (Å²) >= 11 is 0. The molecule has 0 bridgehead atoms. The first-order chi connectivity index (χ1) is 10.4. The third-order valence-corrected chi connectivity index (χ3v) is 5.33. The van der Waals surface area contributed by atoms with E-state index in [1.165, 1.54) is 0 Å². The number of sulfonamides is 1. The quantitative estimate of drug-likeness (QED) is 0.858. The van der Waals surface area contributed by atoms with E-state index in [9.17, 15) is 13.2 Å². The number of rotatable bonds is 6. The van der Waals surface area contributed by atoms with E-state index in [0.717, 1.165) is 24.0 Å². The number of carbonyl (C=O) groups excluding carboxylic acids is 1. The summed E-state index contributed by atoms with van der Waals surface area (Å²) in [6.07, 6.45) is 1.30. The highest BCUT2D eigenvalue weighted by Gasteiger charge is 2.41. The van der Waals surface area contributed by atoms with Crippen LogP contribution in [0.1, 0.15) is 24.0 Å². The van der Waals surface area contributed by atoms with Crippen molar-refractivity contribution in [2.45, 2.75) is 37.7 Å². The summed E-state index contributed by atoms with van der Waals surface area (Å²) in [5.74, 6) is -0.0628. The van der Waals surface area contributed by atoms with Crippen LogP contribution in [0.5, 0.6) is 0 Å². The number of carbonyl (C=O) groups is 1. The molecule has 2 fully saturated rings. The summed E-state index contributed by atoms with van der Waals surface area (Å²) in [7, 11) is -3.44. The summed E-state index contributed by atoms with van der Waals surface area (Å²) in [5.41, 5.74) is 1.72. The number of amides is 1. The van der Waals surface area contributed by atoms with Crippen molar-refractivity contribution in [2.24, 2.45) is 0 Å². The molecule has 2 aliphatic rings. The SMILES string of the molecule is Cc1ccccc1CS(=O)(=O)NCC1CN(C2CC2)C(=O)O1. The van der Waals surface area contributed by atoms with Gasteiger partial charge in [-0.3, -0.25) is 0 Å². The highest BCUT2D eigenvalue weighted by atomic mass is 32.2. The van der Waals surface area contributed by atoms with Gasteiger partial charge in [0.1, 0.15) is 6.10 Å². The molecule has 120 valence electrons. The van der Waals surface area contributed by atoms with Crippen LogP contribution < -0.4 is 4.72 Å². The molecule has 0 spiro atoms. The molecule has 1 saturated heterocycles. The Balaban J connectivity index is 1.54. The summed E-state index contributed by atoms with van der Waals surface area (Å²) in [6.45, 7) is 2.48. The third kappa shape index (κ3) is 3.59. The van der Waals surface area contributed by atoms with Gasteiger partial charge in [-0.2, -0.15) is 0 Å². The van der Waals surface area contributed by atoms with Crippen LogP contribution in [-0.2, 0) is 20.5 Å².